The number of methoxy groups -OCH3 is 1. The summed E-state index contributed by atoms with van der Waals surface area (Å²) in [7, 11) is 1.29. The average Bonchev–Trinajstić information content (AvgIpc) is 2.35. The van der Waals surface area contributed by atoms with E-state index in [0.717, 1.165) is 5.75 Å². The van der Waals surface area contributed by atoms with Crippen LogP contribution in [0.4, 0.5) is 5.82 Å². The number of carbonyl (C=O) groups excluding carboxylic acids is 2. The van der Waals surface area contributed by atoms with Crippen molar-refractivity contribution < 1.29 is 14.3 Å². The topological polar surface area (TPSA) is 68.3 Å². The monoisotopic (exact) mass is 254 g/mol. The normalized spacial score (nSPS) is 9.76. The number of thioether (sulfide) groups is 1. The number of hydrogen-bond donors (Lipinski definition) is 1. The largest absolute Gasteiger partial charge is 0.464 e. The van der Waals surface area contributed by atoms with Gasteiger partial charge in [0.25, 0.3) is 0 Å². The van der Waals surface area contributed by atoms with Gasteiger partial charge >= 0.3 is 5.97 Å². The number of esters is 1. The summed E-state index contributed by atoms with van der Waals surface area (Å²) in [6.07, 6.45) is 2.36. The number of ether oxygens (including phenoxy) is 1. The zero-order chi connectivity index (χ0) is 12.7. The maximum absolute atomic E-state index is 11.4. The maximum Gasteiger partial charge on any atom is 0.356 e. The van der Waals surface area contributed by atoms with Crippen molar-refractivity contribution in [2.24, 2.45) is 0 Å². The van der Waals surface area contributed by atoms with Crippen LogP contribution in [0.3, 0.4) is 0 Å². The highest BCUT2D eigenvalue weighted by molar-refractivity contribution is 7.98. The molecule has 0 radical (unpaired) electrons. The predicted octanol–water partition coefficient (Wildman–Crippen LogP) is 1.56. The molecule has 5 nitrogen and oxygen atoms in total. The SMILES string of the molecule is COC(=O)c1cccc(NC(=O)CCSC)n1. The molecule has 1 N–H and O–H groups in total. The second kappa shape index (κ2) is 6.90. The van der Waals surface area contributed by atoms with Crippen LogP contribution >= 0.6 is 11.8 Å². The highest BCUT2D eigenvalue weighted by Crippen LogP contribution is 2.07. The number of carbonyl (C=O) groups is 2. The van der Waals surface area contributed by atoms with Crippen molar-refractivity contribution >= 4 is 29.5 Å². The molecule has 0 atom stereocenters. The van der Waals surface area contributed by atoms with E-state index in [9.17, 15) is 9.59 Å². The van der Waals surface area contributed by atoms with Gasteiger partial charge in [0.2, 0.25) is 5.91 Å². The molecule has 6 heteroatoms. The molecule has 0 bridgehead atoms. The van der Waals surface area contributed by atoms with Gasteiger partial charge in [0, 0.05) is 12.2 Å². The van der Waals surface area contributed by atoms with E-state index in [0.29, 0.717) is 12.2 Å². The van der Waals surface area contributed by atoms with E-state index in [-0.39, 0.29) is 11.6 Å². The van der Waals surface area contributed by atoms with E-state index < -0.39 is 5.97 Å². The summed E-state index contributed by atoms with van der Waals surface area (Å²) in [5.41, 5.74) is 0.176. The lowest BCUT2D eigenvalue weighted by atomic mass is 10.3. The highest BCUT2D eigenvalue weighted by Gasteiger charge is 2.08. The van der Waals surface area contributed by atoms with Crippen molar-refractivity contribution in [1.29, 1.82) is 0 Å². The molecule has 92 valence electrons. The molecule has 0 saturated carbocycles. The van der Waals surface area contributed by atoms with Crippen LogP contribution < -0.4 is 5.32 Å². The molecule has 0 spiro atoms. The van der Waals surface area contributed by atoms with Gasteiger partial charge in [0.05, 0.1) is 7.11 Å². The Morgan fingerprint density at radius 1 is 1.47 bits per heavy atom. The Kier molecular flexibility index (Phi) is 5.48. The van der Waals surface area contributed by atoms with Gasteiger partial charge in [-0.2, -0.15) is 11.8 Å². The van der Waals surface area contributed by atoms with Crippen LogP contribution in [0.5, 0.6) is 0 Å². The van der Waals surface area contributed by atoms with Crippen LogP contribution in [-0.2, 0) is 9.53 Å². The van der Waals surface area contributed by atoms with E-state index in [1.807, 2.05) is 6.26 Å². The zero-order valence-electron chi connectivity index (χ0n) is 9.73. The fourth-order valence-corrected chi connectivity index (χ4v) is 1.51. The number of anilines is 1. The summed E-state index contributed by atoms with van der Waals surface area (Å²) in [5.74, 6) is 0.473. The fourth-order valence-electron chi connectivity index (χ4n) is 1.12. The molecular weight excluding hydrogens is 240 g/mol. The van der Waals surface area contributed by atoms with Gasteiger partial charge in [-0.05, 0) is 18.4 Å². The molecule has 0 aromatic carbocycles. The first-order chi connectivity index (χ1) is 8.17. The molecule has 0 saturated heterocycles. The average molecular weight is 254 g/mol. The molecule has 0 aliphatic rings. The quantitative estimate of drug-likeness (QED) is 0.808. The number of amides is 1. The summed E-state index contributed by atoms with van der Waals surface area (Å²) in [6.45, 7) is 0. The van der Waals surface area contributed by atoms with Gasteiger partial charge in [-0.15, -0.1) is 0 Å². The lowest BCUT2D eigenvalue weighted by molar-refractivity contribution is -0.115. The minimum absolute atomic E-state index is 0.117. The van der Waals surface area contributed by atoms with Crippen molar-refractivity contribution in [1.82, 2.24) is 4.98 Å². The second-order valence-corrected chi connectivity index (χ2v) is 4.18. The third-order valence-electron chi connectivity index (χ3n) is 1.94. The van der Waals surface area contributed by atoms with Crippen LogP contribution in [-0.4, -0.2) is 36.0 Å². The number of aromatic nitrogens is 1. The Balaban J connectivity index is 2.65. The van der Waals surface area contributed by atoms with Gasteiger partial charge in [-0.25, -0.2) is 9.78 Å². The molecule has 1 amide bonds. The van der Waals surface area contributed by atoms with Crippen molar-refractivity contribution in [2.75, 3.05) is 24.4 Å². The molecular formula is C11H14N2O3S. The van der Waals surface area contributed by atoms with Gasteiger partial charge in [0.15, 0.2) is 5.69 Å². The molecule has 0 aliphatic carbocycles. The molecule has 0 unspecified atom stereocenters. The number of hydrogen-bond acceptors (Lipinski definition) is 5. The fraction of sp³-hybridized carbons (Fsp3) is 0.364. The van der Waals surface area contributed by atoms with Crippen molar-refractivity contribution in [3.05, 3.63) is 23.9 Å². The highest BCUT2D eigenvalue weighted by atomic mass is 32.2. The summed E-state index contributed by atoms with van der Waals surface area (Å²) in [6, 6.07) is 4.80. The van der Waals surface area contributed by atoms with E-state index in [2.05, 4.69) is 15.0 Å². The molecule has 0 fully saturated rings. The molecule has 1 aromatic heterocycles. The van der Waals surface area contributed by atoms with Gasteiger partial charge in [-0.3, -0.25) is 4.79 Å². The van der Waals surface area contributed by atoms with E-state index >= 15 is 0 Å². The lowest BCUT2D eigenvalue weighted by Gasteiger charge is -2.05. The number of nitrogens with one attached hydrogen (secondary N) is 1. The third-order valence-corrected chi connectivity index (χ3v) is 2.56. The first-order valence-corrected chi connectivity index (χ1v) is 6.41. The standard InChI is InChI=1S/C11H14N2O3S/c1-16-11(15)8-4-3-5-9(12-8)13-10(14)6-7-17-2/h3-5H,6-7H2,1-2H3,(H,12,13,14). The molecule has 17 heavy (non-hydrogen) atoms. The minimum atomic E-state index is -0.523. The predicted molar refractivity (Wildman–Crippen MR) is 67.2 cm³/mol. The summed E-state index contributed by atoms with van der Waals surface area (Å²) >= 11 is 1.60. The minimum Gasteiger partial charge on any atom is -0.464 e. The Morgan fingerprint density at radius 3 is 2.88 bits per heavy atom. The van der Waals surface area contributed by atoms with Crippen LogP contribution in [0.2, 0.25) is 0 Å². The number of nitrogens with zero attached hydrogens (tertiary/aromatic N) is 1. The van der Waals surface area contributed by atoms with Crippen LogP contribution in [0.25, 0.3) is 0 Å². The van der Waals surface area contributed by atoms with Crippen LogP contribution in [0, 0.1) is 0 Å². The first kappa shape index (κ1) is 13.5. The van der Waals surface area contributed by atoms with Crippen molar-refractivity contribution in [3.63, 3.8) is 0 Å². The Labute approximate surface area is 104 Å². The Bertz CT molecular complexity index is 409. The summed E-state index contributed by atoms with van der Waals surface area (Å²) in [5, 5.41) is 2.62. The smallest absolute Gasteiger partial charge is 0.356 e. The van der Waals surface area contributed by atoms with Crippen LogP contribution in [0.15, 0.2) is 18.2 Å². The molecule has 1 heterocycles. The summed E-state index contributed by atoms with van der Waals surface area (Å²) in [4.78, 5) is 26.6. The van der Waals surface area contributed by atoms with Gasteiger partial charge in [-0.1, -0.05) is 6.07 Å². The third kappa shape index (κ3) is 4.44. The second-order valence-electron chi connectivity index (χ2n) is 3.19. The number of pyridine rings is 1. The van der Waals surface area contributed by atoms with E-state index in [1.54, 1.807) is 23.9 Å². The van der Waals surface area contributed by atoms with E-state index in [4.69, 9.17) is 0 Å². The Hall–Kier alpha value is -1.56. The van der Waals surface area contributed by atoms with E-state index in [1.165, 1.54) is 13.2 Å². The van der Waals surface area contributed by atoms with Crippen molar-refractivity contribution in [3.8, 4) is 0 Å². The van der Waals surface area contributed by atoms with Gasteiger partial charge < -0.3 is 10.1 Å². The Morgan fingerprint density at radius 2 is 2.24 bits per heavy atom. The van der Waals surface area contributed by atoms with Gasteiger partial charge in [0.1, 0.15) is 5.82 Å². The lowest BCUT2D eigenvalue weighted by Crippen LogP contribution is -2.14. The first-order valence-electron chi connectivity index (χ1n) is 5.01. The molecule has 1 rings (SSSR count). The van der Waals surface area contributed by atoms with Crippen LogP contribution in [0.1, 0.15) is 16.9 Å². The summed E-state index contributed by atoms with van der Waals surface area (Å²) < 4.78 is 4.54. The maximum atomic E-state index is 11.4. The molecule has 0 aliphatic heterocycles. The molecule has 1 aromatic rings. The number of rotatable bonds is 5. The van der Waals surface area contributed by atoms with Crippen molar-refractivity contribution in [2.45, 2.75) is 6.42 Å². The zero-order valence-corrected chi connectivity index (χ0v) is 10.5.